The SMILES string of the molecule is CNCC(CN)C(=O)OC. The molecule has 0 bridgehead atoms. The molecule has 0 aliphatic heterocycles. The van der Waals surface area contributed by atoms with Gasteiger partial charge in [0.15, 0.2) is 0 Å². The van der Waals surface area contributed by atoms with Crippen LogP contribution in [0.5, 0.6) is 0 Å². The van der Waals surface area contributed by atoms with Crippen LogP contribution in [0, 0.1) is 5.92 Å². The van der Waals surface area contributed by atoms with Gasteiger partial charge in [0.05, 0.1) is 13.0 Å². The highest BCUT2D eigenvalue weighted by atomic mass is 16.5. The number of methoxy groups -OCH3 is 1. The molecule has 0 aromatic rings. The first-order valence-electron chi connectivity index (χ1n) is 3.18. The average molecular weight is 146 g/mol. The summed E-state index contributed by atoms with van der Waals surface area (Å²) in [6, 6.07) is 0. The fourth-order valence-electron chi connectivity index (χ4n) is 0.676. The lowest BCUT2D eigenvalue weighted by atomic mass is 10.1. The van der Waals surface area contributed by atoms with Crippen molar-refractivity contribution < 1.29 is 9.53 Å². The van der Waals surface area contributed by atoms with Crippen LogP contribution < -0.4 is 11.1 Å². The zero-order chi connectivity index (χ0) is 7.98. The summed E-state index contributed by atoms with van der Waals surface area (Å²) in [7, 11) is 3.13. The molecule has 0 saturated carbocycles. The molecule has 0 radical (unpaired) electrons. The third-order valence-corrected chi connectivity index (χ3v) is 1.27. The summed E-state index contributed by atoms with van der Waals surface area (Å²) in [6.45, 7) is 0.899. The average Bonchev–Trinajstić information content (AvgIpc) is 1.99. The Morgan fingerprint density at radius 1 is 1.80 bits per heavy atom. The molecule has 4 heteroatoms. The molecule has 1 unspecified atom stereocenters. The van der Waals surface area contributed by atoms with Crippen LogP contribution in [-0.4, -0.2) is 33.2 Å². The highest BCUT2D eigenvalue weighted by Crippen LogP contribution is 1.93. The number of rotatable bonds is 4. The van der Waals surface area contributed by atoms with Gasteiger partial charge in [0.1, 0.15) is 0 Å². The quantitative estimate of drug-likeness (QED) is 0.497. The minimum atomic E-state index is -0.253. The van der Waals surface area contributed by atoms with Gasteiger partial charge in [0, 0.05) is 13.1 Å². The smallest absolute Gasteiger partial charge is 0.311 e. The van der Waals surface area contributed by atoms with Gasteiger partial charge in [-0.3, -0.25) is 4.79 Å². The van der Waals surface area contributed by atoms with Crippen molar-refractivity contribution in [1.82, 2.24) is 5.32 Å². The molecule has 0 saturated heterocycles. The highest BCUT2D eigenvalue weighted by Gasteiger charge is 2.15. The van der Waals surface area contributed by atoms with Gasteiger partial charge in [-0.2, -0.15) is 0 Å². The van der Waals surface area contributed by atoms with E-state index in [2.05, 4.69) is 10.1 Å². The van der Waals surface area contributed by atoms with Crippen LogP contribution in [0.3, 0.4) is 0 Å². The van der Waals surface area contributed by atoms with Crippen LogP contribution in [0.1, 0.15) is 0 Å². The lowest BCUT2D eigenvalue weighted by Crippen LogP contribution is -2.33. The van der Waals surface area contributed by atoms with Crippen molar-refractivity contribution in [2.75, 3.05) is 27.2 Å². The van der Waals surface area contributed by atoms with E-state index in [4.69, 9.17) is 5.73 Å². The second-order valence-electron chi connectivity index (χ2n) is 2.01. The number of hydrogen-bond donors (Lipinski definition) is 2. The largest absolute Gasteiger partial charge is 0.469 e. The van der Waals surface area contributed by atoms with E-state index in [0.29, 0.717) is 13.1 Å². The summed E-state index contributed by atoms with van der Waals surface area (Å²) in [5.74, 6) is -0.466. The van der Waals surface area contributed by atoms with Gasteiger partial charge >= 0.3 is 5.97 Å². The number of carbonyl (C=O) groups is 1. The fourth-order valence-corrected chi connectivity index (χ4v) is 0.676. The van der Waals surface area contributed by atoms with E-state index in [9.17, 15) is 4.79 Å². The van der Waals surface area contributed by atoms with Gasteiger partial charge in [0.2, 0.25) is 0 Å². The van der Waals surface area contributed by atoms with Crippen molar-refractivity contribution in [2.24, 2.45) is 11.7 Å². The molecule has 3 N–H and O–H groups in total. The number of nitrogens with two attached hydrogens (primary N) is 1. The Balaban J connectivity index is 3.68. The van der Waals surface area contributed by atoms with Crippen molar-refractivity contribution in [2.45, 2.75) is 0 Å². The Hall–Kier alpha value is -0.610. The topological polar surface area (TPSA) is 64.3 Å². The van der Waals surface area contributed by atoms with Crippen molar-refractivity contribution >= 4 is 5.97 Å². The van der Waals surface area contributed by atoms with Crippen LogP contribution in [-0.2, 0) is 9.53 Å². The van der Waals surface area contributed by atoms with Crippen molar-refractivity contribution in [1.29, 1.82) is 0 Å². The second kappa shape index (κ2) is 5.20. The van der Waals surface area contributed by atoms with Crippen LogP contribution in [0.15, 0.2) is 0 Å². The Kier molecular flexibility index (Phi) is 4.88. The molecule has 0 aliphatic rings. The Bertz CT molecular complexity index is 106. The standard InChI is InChI=1S/C6H14N2O2/c1-8-4-5(3-7)6(9)10-2/h5,8H,3-4,7H2,1-2H3. The van der Waals surface area contributed by atoms with E-state index < -0.39 is 0 Å². The van der Waals surface area contributed by atoms with Crippen LogP contribution in [0.25, 0.3) is 0 Å². The minimum Gasteiger partial charge on any atom is -0.469 e. The molecule has 0 heterocycles. The van der Waals surface area contributed by atoms with Crippen molar-refractivity contribution in [3.63, 3.8) is 0 Å². The first kappa shape index (κ1) is 9.39. The molecule has 4 nitrogen and oxygen atoms in total. The summed E-state index contributed by atoms with van der Waals surface area (Å²) in [4.78, 5) is 10.8. The number of hydrogen-bond acceptors (Lipinski definition) is 4. The van der Waals surface area contributed by atoms with E-state index in [1.807, 2.05) is 0 Å². The Labute approximate surface area is 60.7 Å². The number of esters is 1. The van der Waals surface area contributed by atoms with Gasteiger partial charge < -0.3 is 15.8 Å². The fraction of sp³-hybridized carbons (Fsp3) is 0.833. The third kappa shape index (κ3) is 2.80. The molecule has 0 fully saturated rings. The number of carbonyl (C=O) groups excluding carboxylic acids is 1. The lowest BCUT2D eigenvalue weighted by molar-refractivity contribution is -0.144. The van der Waals surface area contributed by atoms with Gasteiger partial charge in [-0.25, -0.2) is 0 Å². The monoisotopic (exact) mass is 146 g/mol. The zero-order valence-corrected chi connectivity index (χ0v) is 6.39. The molecule has 60 valence electrons. The molecule has 0 aromatic heterocycles. The first-order valence-corrected chi connectivity index (χ1v) is 3.18. The zero-order valence-electron chi connectivity index (χ0n) is 6.39. The van der Waals surface area contributed by atoms with E-state index in [-0.39, 0.29) is 11.9 Å². The second-order valence-corrected chi connectivity index (χ2v) is 2.01. The lowest BCUT2D eigenvalue weighted by Gasteiger charge is -2.10. The van der Waals surface area contributed by atoms with Gasteiger partial charge in [0.25, 0.3) is 0 Å². The molecule has 0 aromatic carbocycles. The molecule has 0 spiro atoms. The van der Waals surface area contributed by atoms with Crippen molar-refractivity contribution in [3.8, 4) is 0 Å². The Morgan fingerprint density at radius 2 is 2.40 bits per heavy atom. The maximum absolute atomic E-state index is 10.8. The van der Waals surface area contributed by atoms with Gasteiger partial charge in [-0.15, -0.1) is 0 Å². The van der Waals surface area contributed by atoms with E-state index >= 15 is 0 Å². The summed E-state index contributed by atoms with van der Waals surface area (Å²) in [5, 5.41) is 2.85. The molecule has 10 heavy (non-hydrogen) atoms. The predicted octanol–water partition coefficient (Wildman–Crippen LogP) is -1.05. The number of nitrogens with one attached hydrogen (secondary N) is 1. The maximum Gasteiger partial charge on any atom is 0.311 e. The normalized spacial score (nSPS) is 12.7. The molecule has 0 aliphatic carbocycles. The van der Waals surface area contributed by atoms with E-state index in [1.165, 1.54) is 7.11 Å². The first-order chi connectivity index (χ1) is 4.76. The van der Waals surface area contributed by atoms with E-state index in [1.54, 1.807) is 7.05 Å². The van der Waals surface area contributed by atoms with Gasteiger partial charge in [-0.1, -0.05) is 0 Å². The molecular formula is C6H14N2O2. The van der Waals surface area contributed by atoms with Crippen molar-refractivity contribution in [3.05, 3.63) is 0 Å². The van der Waals surface area contributed by atoms with Crippen LogP contribution in [0.4, 0.5) is 0 Å². The van der Waals surface area contributed by atoms with E-state index in [0.717, 1.165) is 0 Å². The molecule has 1 atom stereocenters. The molecular weight excluding hydrogens is 132 g/mol. The predicted molar refractivity (Wildman–Crippen MR) is 38.5 cm³/mol. The third-order valence-electron chi connectivity index (χ3n) is 1.27. The summed E-state index contributed by atoms with van der Waals surface area (Å²) < 4.78 is 4.50. The summed E-state index contributed by atoms with van der Waals surface area (Å²) >= 11 is 0. The Morgan fingerprint density at radius 3 is 2.70 bits per heavy atom. The highest BCUT2D eigenvalue weighted by molar-refractivity contribution is 5.72. The summed E-state index contributed by atoms with van der Waals surface area (Å²) in [6.07, 6.45) is 0. The van der Waals surface area contributed by atoms with Crippen LogP contribution >= 0.6 is 0 Å². The minimum absolute atomic E-state index is 0.213. The number of ether oxygens (including phenoxy) is 1. The molecule has 0 rings (SSSR count). The van der Waals surface area contributed by atoms with Crippen LogP contribution in [0.2, 0.25) is 0 Å². The molecule has 0 amide bonds. The summed E-state index contributed by atoms with van der Waals surface area (Å²) in [5.41, 5.74) is 5.29. The van der Waals surface area contributed by atoms with Gasteiger partial charge in [-0.05, 0) is 7.05 Å². The maximum atomic E-state index is 10.8.